The highest BCUT2D eigenvalue weighted by Crippen LogP contribution is 2.47. The summed E-state index contributed by atoms with van der Waals surface area (Å²) in [4.78, 5) is 40.6. The smallest absolute Gasteiger partial charge is 0.303 e. The molecular formula is C19H22N6O3. The van der Waals surface area contributed by atoms with Gasteiger partial charge in [0.05, 0.1) is 11.8 Å². The maximum Gasteiger partial charge on any atom is 0.303 e. The number of aromatic nitrogens is 3. The molecule has 0 saturated carbocycles. The van der Waals surface area contributed by atoms with Gasteiger partial charge in [0.15, 0.2) is 0 Å². The third kappa shape index (κ3) is 3.35. The molecule has 0 spiro atoms. The van der Waals surface area contributed by atoms with Gasteiger partial charge >= 0.3 is 5.97 Å². The number of carboxylic acids is 1. The van der Waals surface area contributed by atoms with Crippen molar-refractivity contribution in [2.45, 2.75) is 12.8 Å². The molecule has 3 N–H and O–H groups in total. The molecule has 2 unspecified atom stereocenters. The molecule has 2 fully saturated rings. The highest BCUT2D eigenvalue weighted by molar-refractivity contribution is 5.94. The van der Waals surface area contributed by atoms with E-state index in [0.29, 0.717) is 37.4 Å². The third-order valence-electron chi connectivity index (χ3n) is 5.79. The lowest BCUT2D eigenvalue weighted by Crippen LogP contribution is -2.37. The largest absolute Gasteiger partial charge is 0.481 e. The van der Waals surface area contributed by atoms with E-state index in [0.717, 1.165) is 12.4 Å². The van der Waals surface area contributed by atoms with Gasteiger partial charge in [-0.15, -0.1) is 0 Å². The number of nitrogens with two attached hydrogens (primary N) is 1. The number of pyridine rings is 1. The fourth-order valence-corrected chi connectivity index (χ4v) is 4.39. The molecule has 0 bridgehead atoms. The zero-order valence-electron chi connectivity index (χ0n) is 15.4. The van der Waals surface area contributed by atoms with Gasteiger partial charge in [0, 0.05) is 62.5 Å². The van der Waals surface area contributed by atoms with Crippen LogP contribution in [-0.2, 0) is 4.79 Å². The van der Waals surface area contributed by atoms with E-state index in [1.807, 2.05) is 4.90 Å². The van der Waals surface area contributed by atoms with Gasteiger partial charge in [0.1, 0.15) is 11.6 Å². The second-order valence-corrected chi connectivity index (χ2v) is 7.55. The Kier molecular flexibility index (Phi) is 4.58. The molecule has 4 rings (SSSR count). The second kappa shape index (κ2) is 7.06. The molecule has 9 nitrogen and oxygen atoms in total. The Labute approximate surface area is 162 Å². The Morgan fingerprint density at radius 3 is 2.71 bits per heavy atom. The van der Waals surface area contributed by atoms with Crippen LogP contribution in [0.2, 0.25) is 0 Å². The number of rotatable bonds is 5. The fourth-order valence-electron chi connectivity index (χ4n) is 4.39. The third-order valence-corrected chi connectivity index (χ3v) is 5.79. The number of nitrogen functional groups attached to an aromatic ring is 1. The molecule has 2 aromatic rings. The van der Waals surface area contributed by atoms with Crippen molar-refractivity contribution in [1.29, 1.82) is 0 Å². The molecule has 0 aromatic carbocycles. The Bertz CT molecular complexity index is 875. The van der Waals surface area contributed by atoms with Crippen molar-refractivity contribution in [2.75, 3.05) is 36.8 Å². The summed E-state index contributed by atoms with van der Waals surface area (Å²) in [5, 5.41) is 9.22. The van der Waals surface area contributed by atoms with Crippen LogP contribution < -0.4 is 10.6 Å². The lowest BCUT2D eigenvalue weighted by atomic mass is 9.77. The van der Waals surface area contributed by atoms with Gasteiger partial charge < -0.3 is 20.6 Å². The van der Waals surface area contributed by atoms with Crippen LogP contribution in [-0.4, -0.2) is 63.0 Å². The quantitative estimate of drug-likeness (QED) is 0.781. The van der Waals surface area contributed by atoms with Gasteiger partial charge in [-0.3, -0.25) is 14.6 Å². The van der Waals surface area contributed by atoms with Gasteiger partial charge in [-0.25, -0.2) is 9.97 Å². The molecule has 2 saturated heterocycles. The van der Waals surface area contributed by atoms with Crippen LogP contribution in [0.5, 0.6) is 0 Å². The van der Waals surface area contributed by atoms with Crippen molar-refractivity contribution >= 4 is 23.5 Å². The second-order valence-electron chi connectivity index (χ2n) is 7.55. The molecule has 2 aliphatic heterocycles. The maximum absolute atomic E-state index is 12.9. The first-order chi connectivity index (χ1) is 13.5. The van der Waals surface area contributed by atoms with Gasteiger partial charge in [-0.05, 0) is 18.6 Å². The minimum absolute atomic E-state index is 0.0796. The predicted molar refractivity (Wildman–Crippen MR) is 102 cm³/mol. The minimum atomic E-state index is -0.821. The molecule has 0 aliphatic carbocycles. The van der Waals surface area contributed by atoms with Crippen molar-refractivity contribution in [1.82, 2.24) is 19.9 Å². The predicted octanol–water partition coefficient (Wildman–Crippen LogP) is 0.897. The van der Waals surface area contributed by atoms with Crippen molar-refractivity contribution in [3.05, 3.63) is 42.5 Å². The highest BCUT2D eigenvalue weighted by Gasteiger charge is 2.53. The average molecular weight is 382 g/mol. The standard InChI is InChI=1S/C19H22N6O3/c20-15-2-1-13(7-23-15)18(28)25-10-14-9-24(16-8-21-5-6-22-16)11-19(14,12-25)4-3-17(26)27/h1-2,5-8,14H,3-4,9-12H2,(H2,20,23)(H,26,27). The minimum Gasteiger partial charge on any atom is -0.481 e. The molecule has 2 aromatic heterocycles. The number of hydrogen-bond acceptors (Lipinski definition) is 7. The van der Waals surface area contributed by atoms with Crippen LogP contribution in [0.25, 0.3) is 0 Å². The number of aliphatic carboxylic acids is 1. The number of carboxylic acid groups (broad SMARTS) is 1. The lowest BCUT2D eigenvalue weighted by Gasteiger charge is -2.29. The van der Waals surface area contributed by atoms with Gasteiger partial charge in [-0.1, -0.05) is 0 Å². The lowest BCUT2D eigenvalue weighted by molar-refractivity contribution is -0.137. The molecule has 0 radical (unpaired) electrons. The summed E-state index contributed by atoms with van der Waals surface area (Å²) in [6, 6.07) is 3.29. The number of likely N-dealkylation sites (tertiary alicyclic amines) is 1. The normalized spacial score (nSPS) is 23.6. The number of nitrogens with zero attached hydrogens (tertiary/aromatic N) is 5. The summed E-state index contributed by atoms with van der Waals surface area (Å²) in [7, 11) is 0. The fraction of sp³-hybridized carbons (Fsp3) is 0.421. The average Bonchev–Trinajstić information content (AvgIpc) is 3.22. The summed E-state index contributed by atoms with van der Waals surface area (Å²) < 4.78 is 0. The van der Waals surface area contributed by atoms with Crippen molar-refractivity contribution in [2.24, 2.45) is 11.3 Å². The van der Waals surface area contributed by atoms with Crippen LogP contribution in [0.1, 0.15) is 23.2 Å². The molecule has 4 heterocycles. The van der Waals surface area contributed by atoms with Crippen LogP contribution >= 0.6 is 0 Å². The Hall–Kier alpha value is -3.23. The summed E-state index contributed by atoms with van der Waals surface area (Å²) in [5.74, 6) is 0.417. The molecule has 2 atom stereocenters. The Morgan fingerprint density at radius 1 is 1.18 bits per heavy atom. The SMILES string of the molecule is Nc1ccc(C(=O)N2CC3CN(c4cnccn4)CC3(CCC(=O)O)C2)cn1. The number of hydrogen-bond donors (Lipinski definition) is 2. The van der Waals surface area contributed by atoms with Crippen molar-refractivity contribution in [3.63, 3.8) is 0 Å². The van der Waals surface area contributed by atoms with Gasteiger partial charge in [0.2, 0.25) is 0 Å². The summed E-state index contributed by atoms with van der Waals surface area (Å²) >= 11 is 0. The molecule has 9 heteroatoms. The van der Waals surface area contributed by atoms with E-state index < -0.39 is 5.97 Å². The van der Waals surface area contributed by atoms with Crippen LogP contribution in [0.15, 0.2) is 36.9 Å². The molecule has 28 heavy (non-hydrogen) atoms. The number of amides is 1. The number of fused-ring (bicyclic) bond motifs is 1. The number of carbonyl (C=O) groups is 2. The van der Waals surface area contributed by atoms with Gasteiger partial charge in [-0.2, -0.15) is 0 Å². The van der Waals surface area contributed by atoms with E-state index in [2.05, 4.69) is 19.9 Å². The van der Waals surface area contributed by atoms with Crippen LogP contribution in [0.3, 0.4) is 0 Å². The molecule has 2 aliphatic rings. The monoisotopic (exact) mass is 382 g/mol. The van der Waals surface area contributed by atoms with Gasteiger partial charge in [0.25, 0.3) is 5.91 Å². The Balaban J connectivity index is 1.55. The van der Waals surface area contributed by atoms with Crippen LogP contribution in [0.4, 0.5) is 11.6 Å². The number of carbonyl (C=O) groups excluding carboxylic acids is 1. The van der Waals surface area contributed by atoms with E-state index in [1.54, 1.807) is 30.7 Å². The molecule has 1 amide bonds. The van der Waals surface area contributed by atoms with Crippen LogP contribution in [0, 0.1) is 11.3 Å². The molecular weight excluding hydrogens is 360 g/mol. The van der Waals surface area contributed by atoms with E-state index in [1.165, 1.54) is 6.20 Å². The van der Waals surface area contributed by atoms with Crippen molar-refractivity contribution in [3.8, 4) is 0 Å². The summed E-state index contributed by atoms with van der Waals surface area (Å²) in [5.41, 5.74) is 5.83. The van der Waals surface area contributed by atoms with E-state index in [4.69, 9.17) is 5.73 Å². The first kappa shape index (κ1) is 18.1. The Morgan fingerprint density at radius 2 is 2.04 bits per heavy atom. The van der Waals surface area contributed by atoms with E-state index >= 15 is 0 Å². The topological polar surface area (TPSA) is 126 Å². The molecule has 146 valence electrons. The zero-order valence-corrected chi connectivity index (χ0v) is 15.4. The first-order valence-corrected chi connectivity index (χ1v) is 9.20. The van der Waals surface area contributed by atoms with E-state index in [-0.39, 0.29) is 23.7 Å². The van der Waals surface area contributed by atoms with E-state index in [9.17, 15) is 14.7 Å². The summed E-state index contributed by atoms with van der Waals surface area (Å²) in [6.07, 6.45) is 7.08. The first-order valence-electron chi connectivity index (χ1n) is 9.20. The van der Waals surface area contributed by atoms with Crippen molar-refractivity contribution < 1.29 is 14.7 Å². The summed E-state index contributed by atoms with van der Waals surface area (Å²) in [6.45, 7) is 2.49. The number of anilines is 2. The highest BCUT2D eigenvalue weighted by atomic mass is 16.4. The zero-order chi connectivity index (χ0) is 19.7. The maximum atomic E-state index is 12.9.